The van der Waals surface area contributed by atoms with Crippen LogP contribution < -0.4 is 5.73 Å². The summed E-state index contributed by atoms with van der Waals surface area (Å²) >= 11 is 0. The fraction of sp³-hybridized carbons (Fsp3) is 0.538. The van der Waals surface area contributed by atoms with E-state index in [-0.39, 0.29) is 0 Å². The molecule has 1 saturated carbocycles. The summed E-state index contributed by atoms with van der Waals surface area (Å²) < 4.78 is 1.71. The number of aryl methyl sites for hydroxylation is 1. The number of nitrogen functional groups attached to an aromatic ring is 1. The molecule has 90 valence electrons. The van der Waals surface area contributed by atoms with E-state index in [9.17, 15) is 0 Å². The van der Waals surface area contributed by atoms with Gasteiger partial charge in [-0.3, -0.25) is 0 Å². The monoisotopic (exact) mass is 230 g/mol. The zero-order valence-electron chi connectivity index (χ0n) is 10.3. The van der Waals surface area contributed by atoms with Crippen molar-refractivity contribution < 1.29 is 0 Å². The second-order valence-corrected chi connectivity index (χ2v) is 5.15. The average molecular weight is 230 g/mol. The third kappa shape index (κ3) is 1.59. The Balaban J connectivity index is 2.07. The molecule has 3 rings (SSSR count). The molecule has 2 N–H and O–H groups in total. The summed E-state index contributed by atoms with van der Waals surface area (Å²) in [6.45, 7) is 4.28. The van der Waals surface area contributed by atoms with Crippen LogP contribution in [0.25, 0.3) is 5.65 Å². The van der Waals surface area contributed by atoms with E-state index in [1.807, 2.05) is 19.2 Å². The van der Waals surface area contributed by atoms with Crippen molar-refractivity contribution in [3.63, 3.8) is 0 Å². The lowest BCUT2D eigenvalue weighted by Crippen LogP contribution is -2.19. The van der Waals surface area contributed by atoms with Gasteiger partial charge >= 0.3 is 0 Å². The topological polar surface area (TPSA) is 56.2 Å². The van der Waals surface area contributed by atoms with Crippen LogP contribution in [0.2, 0.25) is 0 Å². The minimum absolute atomic E-state index is 0.505. The normalized spacial score (nSPS) is 18.2. The third-order valence-electron chi connectivity index (χ3n) is 4.02. The van der Waals surface area contributed by atoms with Crippen LogP contribution in [0.15, 0.2) is 12.3 Å². The van der Waals surface area contributed by atoms with Crippen molar-refractivity contribution in [3.8, 4) is 0 Å². The Hall–Kier alpha value is -1.58. The van der Waals surface area contributed by atoms with E-state index in [1.165, 1.54) is 19.3 Å². The average Bonchev–Trinajstić information content (AvgIpc) is 2.58. The third-order valence-corrected chi connectivity index (χ3v) is 4.02. The first-order valence-electron chi connectivity index (χ1n) is 6.27. The Morgan fingerprint density at radius 2 is 2.24 bits per heavy atom. The van der Waals surface area contributed by atoms with Crippen molar-refractivity contribution in [1.29, 1.82) is 0 Å². The number of hydrogen-bond acceptors (Lipinski definition) is 3. The van der Waals surface area contributed by atoms with Crippen LogP contribution in [0.1, 0.15) is 43.4 Å². The number of nitrogens with two attached hydrogens (primary N) is 1. The van der Waals surface area contributed by atoms with E-state index in [0.717, 1.165) is 22.8 Å². The van der Waals surface area contributed by atoms with Crippen molar-refractivity contribution in [2.24, 2.45) is 5.92 Å². The van der Waals surface area contributed by atoms with E-state index in [0.29, 0.717) is 11.7 Å². The van der Waals surface area contributed by atoms with E-state index in [4.69, 9.17) is 10.7 Å². The molecule has 4 heteroatoms. The van der Waals surface area contributed by atoms with Gasteiger partial charge in [-0.1, -0.05) is 13.3 Å². The van der Waals surface area contributed by atoms with Crippen molar-refractivity contribution in [1.82, 2.24) is 14.6 Å². The quantitative estimate of drug-likeness (QED) is 0.862. The SMILES string of the molecule is Cc1cnn2c(N)cc([C@@H](C)C3CCC3)nc12. The summed E-state index contributed by atoms with van der Waals surface area (Å²) in [5, 5.41) is 4.23. The smallest absolute Gasteiger partial charge is 0.160 e. The van der Waals surface area contributed by atoms with Gasteiger partial charge < -0.3 is 5.73 Å². The fourth-order valence-corrected chi connectivity index (χ4v) is 2.53. The van der Waals surface area contributed by atoms with Crippen molar-refractivity contribution >= 4 is 11.5 Å². The Morgan fingerprint density at radius 1 is 1.47 bits per heavy atom. The van der Waals surface area contributed by atoms with Gasteiger partial charge in [0.15, 0.2) is 5.65 Å². The minimum atomic E-state index is 0.505. The predicted molar refractivity (Wildman–Crippen MR) is 67.9 cm³/mol. The number of nitrogens with zero attached hydrogens (tertiary/aromatic N) is 3. The fourth-order valence-electron chi connectivity index (χ4n) is 2.53. The molecule has 1 fully saturated rings. The lowest BCUT2D eigenvalue weighted by atomic mass is 9.75. The summed E-state index contributed by atoms with van der Waals surface area (Å²) in [5.74, 6) is 1.97. The number of aromatic nitrogens is 3. The maximum absolute atomic E-state index is 6.03. The maximum atomic E-state index is 6.03. The van der Waals surface area contributed by atoms with E-state index >= 15 is 0 Å². The Labute approximate surface area is 101 Å². The first kappa shape index (κ1) is 10.6. The highest BCUT2D eigenvalue weighted by Gasteiger charge is 2.26. The van der Waals surface area contributed by atoms with Crippen LogP contribution >= 0.6 is 0 Å². The second kappa shape index (κ2) is 3.72. The van der Waals surface area contributed by atoms with Gasteiger partial charge in [0.05, 0.1) is 6.20 Å². The summed E-state index contributed by atoms with van der Waals surface area (Å²) in [5.41, 5.74) is 9.12. The predicted octanol–water partition coefficient (Wildman–Crippen LogP) is 2.52. The van der Waals surface area contributed by atoms with Gasteiger partial charge in [-0.25, -0.2) is 4.98 Å². The van der Waals surface area contributed by atoms with Gasteiger partial charge in [-0.05, 0) is 25.7 Å². The largest absolute Gasteiger partial charge is 0.384 e. The molecule has 1 atom stereocenters. The lowest BCUT2D eigenvalue weighted by molar-refractivity contribution is 0.269. The second-order valence-electron chi connectivity index (χ2n) is 5.15. The molecule has 0 aromatic carbocycles. The highest BCUT2D eigenvalue weighted by atomic mass is 15.3. The molecule has 2 heterocycles. The van der Waals surface area contributed by atoms with E-state index < -0.39 is 0 Å². The number of anilines is 1. The van der Waals surface area contributed by atoms with Gasteiger partial charge in [0, 0.05) is 23.2 Å². The first-order chi connectivity index (χ1) is 8.16. The standard InChI is InChI=1S/C13H18N4/c1-8-7-15-17-12(14)6-11(16-13(8)17)9(2)10-4-3-5-10/h6-7,9-10H,3-5,14H2,1-2H3/t9-/m0/s1. The molecule has 2 aromatic rings. The van der Waals surface area contributed by atoms with E-state index in [2.05, 4.69) is 12.0 Å². The summed E-state index contributed by atoms with van der Waals surface area (Å²) in [6, 6.07) is 1.97. The van der Waals surface area contributed by atoms with Crippen molar-refractivity contribution in [3.05, 3.63) is 23.5 Å². The Kier molecular flexibility index (Phi) is 2.31. The maximum Gasteiger partial charge on any atom is 0.160 e. The van der Waals surface area contributed by atoms with Crippen molar-refractivity contribution in [2.45, 2.75) is 39.0 Å². The summed E-state index contributed by atoms with van der Waals surface area (Å²) in [6.07, 6.45) is 5.83. The van der Waals surface area contributed by atoms with Crippen LogP contribution in [0.3, 0.4) is 0 Å². The van der Waals surface area contributed by atoms with Crippen LogP contribution in [-0.2, 0) is 0 Å². The molecule has 2 aromatic heterocycles. The molecule has 0 spiro atoms. The first-order valence-corrected chi connectivity index (χ1v) is 6.27. The highest BCUT2D eigenvalue weighted by molar-refractivity contribution is 5.52. The molecule has 1 aliphatic rings. The van der Waals surface area contributed by atoms with Gasteiger partial charge in [0.25, 0.3) is 0 Å². The van der Waals surface area contributed by atoms with E-state index in [1.54, 1.807) is 4.52 Å². The molecular formula is C13H18N4. The molecule has 0 unspecified atom stereocenters. The molecule has 0 amide bonds. The molecule has 0 saturated heterocycles. The van der Waals surface area contributed by atoms with Gasteiger partial charge in [-0.15, -0.1) is 0 Å². The Morgan fingerprint density at radius 3 is 2.88 bits per heavy atom. The molecule has 0 aliphatic heterocycles. The van der Waals surface area contributed by atoms with Crippen LogP contribution in [0, 0.1) is 12.8 Å². The minimum Gasteiger partial charge on any atom is -0.384 e. The molecular weight excluding hydrogens is 212 g/mol. The molecule has 4 nitrogen and oxygen atoms in total. The van der Waals surface area contributed by atoms with Crippen LogP contribution in [0.4, 0.5) is 5.82 Å². The molecule has 1 aliphatic carbocycles. The zero-order chi connectivity index (χ0) is 12.0. The van der Waals surface area contributed by atoms with Gasteiger partial charge in [-0.2, -0.15) is 9.61 Å². The Bertz CT molecular complexity index is 554. The number of fused-ring (bicyclic) bond motifs is 1. The summed E-state index contributed by atoms with van der Waals surface area (Å²) in [4.78, 5) is 4.72. The highest BCUT2D eigenvalue weighted by Crippen LogP contribution is 2.38. The van der Waals surface area contributed by atoms with Gasteiger partial charge in [0.1, 0.15) is 5.82 Å². The van der Waals surface area contributed by atoms with Crippen LogP contribution in [-0.4, -0.2) is 14.6 Å². The van der Waals surface area contributed by atoms with Crippen molar-refractivity contribution in [2.75, 3.05) is 5.73 Å². The lowest BCUT2D eigenvalue weighted by Gasteiger charge is -2.31. The summed E-state index contributed by atoms with van der Waals surface area (Å²) in [7, 11) is 0. The number of hydrogen-bond donors (Lipinski definition) is 1. The zero-order valence-corrected chi connectivity index (χ0v) is 10.3. The van der Waals surface area contributed by atoms with Crippen LogP contribution in [0.5, 0.6) is 0 Å². The number of rotatable bonds is 2. The molecule has 0 bridgehead atoms. The molecule has 17 heavy (non-hydrogen) atoms. The molecule has 0 radical (unpaired) electrons. The van der Waals surface area contributed by atoms with Gasteiger partial charge in [0.2, 0.25) is 0 Å².